The molecule has 4 heteroatoms. The zero-order valence-electron chi connectivity index (χ0n) is 11.4. The Hall–Kier alpha value is -1.16. The van der Waals surface area contributed by atoms with Crippen LogP contribution in [0.1, 0.15) is 39.3 Å². The zero-order chi connectivity index (χ0) is 13.8. The van der Waals surface area contributed by atoms with E-state index in [1.807, 2.05) is 51.1 Å². The van der Waals surface area contributed by atoms with Crippen LogP contribution in [0.2, 0.25) is 0 Å². The lowest BCUT2D eigenvalue weighted by Gasteiger charge is -2.23. The largest absolute Gasteiger partial charge is 0.349 e. The molecule has 0 unspecified atom stereocenters. The van der Waals surface area contributed by atoms with Crippen molar-refractivity contribution in [3.8, 4) is 0 Å². The molecule has 1 aromatic carbocycles. The predicted molar refractivity (Wildman–Crippen MR) is 75.8 cm³/mol. The highest BCUT2D eigenvalue weighted by molar-refractivity contribution is 7.86. The molecule has 0 aliphatic heterocycles. The molecule has 0 saturated heterocycles. The second-order valence-corrected chi connectivity index (χ2v) is 7.54. The molecule has 0 aromatic heterocycles. The van der Waals surface area contributed by atoms with Gasteiger partial charge in [-0.05, 0) is 26.3 Å². The van der Waals surface area contributed by atoms with Gasteiger partial charge in [0.2, 0.25) is 5.91 Å². The first kappa shape index (κ1) is 14.9. The van der Waals surface area contributed by atoms with Crippen LogP contribution in [0, 0.1) is 0 Å². The third kappa shape index (κ3) is 4.61. The maximum atomic E-state index is 12.2. The van der Waals surface area contributed by atoms with Crippen molar-refractivity contribution >= 4 is 16.7 Å². The van der Waals surface area contributed by atoms with E-state index in [9.17, 15) is 9.00 Å². The molecule has 100 valence electrons. The predicted octanol–water partition coefficient (Wildman–Crippen LogP) is 2.41. The van der Waals surface area contributed by atoms with Gasteiger partial charge in [-0.25, -0.2) is 0 Å². The van der Waals surface area contributed by atoms with E-state index in [0.29, 0.717) is 5.75 Å². The molecule has 1 aromatic rings. The number of hydrogen-bond acceptors (Lipinski definition) is 2. The summed E-state index contributed by atoms with van der Waals surface area (Å²) in [6.07, 6.45) is 0. The van der Waals surface area contributed by atoms with E-state index in [1.54, 1.807) is 0 Å². The van der Waals surface area contributed by atoms with Gasteiger partial charge >= 0.3 is 0 Å². The van der Waals surface area contributed by atoms with E-state index in [-0.39, 0.29) is 16.7 Å². The van der Waals surface area contributed by atoms with Crippen molar-refractivity contribution < 1.29 is 9.00 Å². The Morgan fingerprint density at radius 2 is 1.83 bits per heavy atom. The fourth-order valence-corrected chi connectivity index (χ4v) is 2.63. The third-order valence-electron chi connectivity index (χ3n) is 2.58. The molecule has 2 atom stereocenters. The van der Waals surface area contributed by atoms with Crippen LogP contribution in [0.4, 0.5) is 0 Å². The topological polar surface area (TPSA) is 46.2 Å². The Morgan fingerprint density at radius 3 is 2.28 bits per heavy atom. The normalized spacial score (nSPS) is 14.9. The van der Waals surface area contributed by atoms with Crippen LogP contribution in [0.3, 0.4) is 0 Å². The summed E-state index contributed by atoms with van der Waals surface area (Å²) in [5.74, 6) is 0.336. The Bertz CT molecular complexity index is 423. The molecule has 3 nitrogen and oxygen atoms in total. The van der Waals surface area contributed by atoms with E-state index >= 15 is 0 Å². The molecule has 0 aliphatic carbocycles. The molecule has 1 amide bonds. The molecule has 0 aliphatic rings. The van der Waals surface area contributed by atoms with Gasteiger partial charge in [0.15, 0.2) is 0 Å². The van der Waals surface area contributed by atoms with Crippen LogP contribution in [-0.2, 0) is 15.6 Å². The van der Waals surface area contributed by atoms with E-state index in [4.69, 9.17) is 0 Å². The van der Waals surface area contributed by atoms with Crippen molar-refractivity contribution in [1.82, 2.24) is 5.32 Å². The molecule has 18 heavy (non-hydrogen) atoms. The van der Waals surface area contributed by atoms with Gasteiger partial charge in [-0.15, -0.1) is 0 Å². The minimum absolute atomic E-state index is 0.102. The summed E-state index contributed by atoms with van der Waals surface area (Å²) in [6, 6.07) is 9.47. The fraction of sp³-hybridized carbons (Fsp3) is 0.500. The van der Waals surface area contributed by atoms with Crippen LogP contribution in [0.15, 0.2) is 30.3 Å². The summed E-state index contributed by atoms with van der Waals surface area (Å²) in [5, 5.41) is 2.87. The molecule has 0 saturated carbocycles. The Labute approximate surface area is 111 Å². The summed E-state index contributed by atoms with van der Waals surface area (Å²) in [4.78, 5) is 11.2. The molecule has 1 N–H and O–H groups in total. The second kappa shape index (κ2) is 6.14. The van der Waals surface area contributed by atoms with Crippen LogP contribution in [-0.4, -0.2) is 20.6 Å². The summed E-state index contributed by atoms with van der Waals surface area (Å²) < 4.78 is 11.9. The summed E-state index contributed by atoms with van der Waals surface area (Å²) in [6.45, 7) is 7.31. The third-order valence-corrected chi connectivity index (χ3v) is 4.58. The first-order valence-electron chi connectivity index (χ1n) is 6.01. The van der Waals surface area contributed by atoms with Crippen LogP contribution >= 0.6 is 0 Å². The first-order chi connectivity index (χ1) is 8.30. The first-order valence-corrected chi connectivity index (χ1v) is 7.33. The second-order valence-electron chi connectivity index (χ2n) is 5.29. The van der Waals surface area contributed by atoms with Crippen LogP contribution in [0.5, 0.6) is 0 Å². The summed E-state index contributed by atoms with van der Waals surface area (Å²) >= 11 is 0. The lowest BCUT2D eigenvalue weighted by molar-refractivity contribution is -0.119. The number of benzene rings is 1. The van der Waals surface area contributed by atoms with Crippen LogP contribution in [0.25, 0.3) is 0 Å². The maximum Gasteiger partial charge on any atom is 0.217 e. The van der Waals surface area contributed by atoms with Gasteiger partial charge in [-0.2, -0.15) is 0 Å². The lowest BCUT2D eigenvalue weighted by Crippen LogP contribution is -2.34. The number of carbonyl (C=O) groups is 1. The Morgan fingerprint density at radius 1 is 1.28 bits per heavy atom. The van der Waals surface area contributed by atoms with E-state index in [1.165, 1.54) is 6.92 Å². The highest BCUT2D eigenvalue weighted by Gasteiger charge is 2.24. The quantitative estimate of drug-likeness (QED) is 0.910. The van der Waals surface area contributed by atoms with Gasteiger partial charge in [0.25, 0.3) is 0 Å². The minimum atomic E-state index is -0.999. The van der Waals surface area contributed by atoms with E-state index in [0.717, 1.165) is 5.56 Å². The van der Waals surface area contributed by atoms with Gasteiger partial charge in [-0.3, -0.25) is 9.00 Å². The lowest BCUT2D eigenvalue weighted by atomic mass is 10.1. The molecule has 0 bridgehead atoms. The number of amides is 1. The SMILES string of the molecule is CC(=O)N[C@H](C[S@@](=O)C(C)(C)C)c1ccccc1. The fourth-order valence-electron chi connectivity index (χ4n) is 1.55. The maximum absolute atomic E-state index is 12.2. The van der Waals surface area contributed by atoms with Crippen molar-refractivity contribution in [2.24, 2.45) is 0 Å². The Kier molecular flexibility index (Phi) is 5.08. The molecule has 0 heterocycles. The summed E-state index contributed by atoms with van der Waals surface area (Å²) in [5.41, 5.74) is 0.991. The summed E-state index contributed by atoms with van der Waals surface area (Å²) in [7, 11) is -0.999. The highest BCUT2D eigenvalue weighted by atomic mass is 32.2. The number of rotatable bonds is 4. The molecule has 0 radical (unpaired) electrons. The van der Waals surface area contributed by atoms with Gasteiger partial charge in [0.1, 0.15) is 0 Å². The molecule has 0 spiro atoms. The molecule has 0 fully saturated rings. The molecular weight excluding hydrogens is 246 g/mol. The van der Waals surface area contributed by atoms with E-state index in [2.05, 4.69) is 5.32 Å². The zero-order valence-corrected chi connectivity index (χ0v) is 12.2. The number of carbonyl (C=O) groups excluding carboxylic acids is 1. The van der Waals surface area contributed by atoms with Crippen molar-refractivity contribution in [3.63, 3.8) is 0 Å². The van der Waals surface area contributed by atoms with Crippen molar-refractivity contribution in [2.45, 2.75) is 38.5 Å². The average molecular weight is 267 g/mol. The van der Waals surface area contributed by atoms with Crippen molar-refractivity contribution in [3.05, 3.63) is 35.9 Å². The van der Waals surface area contributed by atoms with E-state index < -0.39 is 10.8 Å². The van der Waals surface area contributed by atoms with Gasteiger partial charge in [-0.1, -0.05) is 30.3 Å². The number of nitrogens with one attached hydrogen (secondary N) is 1. The highest BCUT2D eigenvalue weighted by Crippen LogP contribution is 2.19. The minimum Gasteiger partial charge on any atom is -0.349 e. The molecule has 1 rings (SSSR count). The molecular formula is C14H21NO2S. The van der Waals surface area contributed by atoms with Gasteiger partial charge in [0, 0.05) is 28.2 Å². The van der Waals surface area contributed by atoms with Gasteiger partial charge in [0.05, 0.1) is 6.04 Å². The van der Waals surface area contributed by atoms with Crippen molar-refractivity contribution in [2.75, 3.05) is 5.75 Å². The number of hydrogen-bond donors (Lipinski definition) is 1. The van der Waals surface area contributed by atoms with Gasteiger partial charge < -0.3 is 5.32 Å². The Balaban J connectivity index is 2.87. The standard InChI is InChI=1S/C14H21NO2S/c1-11(16)15-13(10-18(17)14(2,3)4)12-8-6-5-7-9-12/h5-9,13H,10H2,1-4H3,(H,15,16)/t13-,18-/m1/s1. The van der Waals surface area contributed by atoms with Crippen LogP contribution < -0.4 is 5.32 Å². The smallest absolute Gasteiger partial charge is 0.217 e. The average Bonchev–Trinajstić information content (AvgIpc) is 2.27. The van der Waals surface area contributed by atoms with Crippen molar-refractivity contribution in [1.29, 1.82) is 0 Å². The monoisotopic (exact) mass is 267 g/mol.